The number of nitrogens with zero attached hydrogens (tertiary/aromatic N) is 2. The van der Waals surface area contributed by atoms with Gasteiger partial charge in [-0.15, -0.1) is 0 Å². The van der Waals surface area contributed by atoms with E-state index < -0.39 is 10.2 Å². The second kappa shape index (κ2) is 6.91. The fourth-order valence-electron chi connectivity index (χ4n) is 3.00. The Balaban J connectivity index is 1.90. The molecule has 6 nitrogen and oxygen atoms in total. The maximum absolute atomic E-state index is 12.4. The van der Waals surface area contributed by atoms with Gasteiger partial charge in [-0.1, -0.05) is 6.92 Å². The molecule has 2 aliphatic heterocycles. The zero-order valence-corrected chi connectivity index (χ0v) is 14.3. The summed E-state index contributed by atoms with van der Waals surface area (Å²) in [5, 5.41) is 0. The molecule has 1 N–H and O–H groups in total. The van der Waals surface area contributed by atoms with Gasteiger partial charge in [-0.05, 0) is 32.6 Å². The molecule has 0 amide bonds. The monoisotopic (exact) mass is 319 g/mol. The molecule has 0 aromatic heterocycles. The average molecular weight is 319 g/mol. The largest absolute Gasteiger partial charge is 0.379 e. The summed E-state index contributed by atoms with van der Waals surface area (Å²) in [4.78, 5) is 2.29. The minimum absolute atomic E-state index is 0.196. The van der Waals surface area contributed by atoms with Crippen LogP contribution in [0.4, 0.5) is 0 Å². The first kappa shape index (κ1) is 17.1. The second-order valence-electron chi connectivity index (χ2n) is 6.84. The summed E-state index contributed by atoms with van der Waals surface area (Å²) in [6, 6.07) is 0. The number of rotatable bonds is 5. The standard InChI is InChI=1S/C14H29N3O3S/c1-13-5-4-6-17(11-13)21(18,19)15-12-14(2,3)16-7-9-20-10-8-16/h13,15H,4-12H2,1-3H3/t13-/m1/s1. The highest BCUT2D eigenvalue weighted by atomic mass is 32.2. The molecule has 0 aliphatic carbocycles. The molecule has 124 valence electrons. The van der Waals surface area contributed by atoms with Crippen molar-refractivity contribution in [3.8, 4) is 0 Å². The molecule has 1 atom stereocenters. The van der Waals surface area contributed by atoms with Crippen molar-refractivity contribution in [1.29, 1.82) is 0 Å². The second-order valence-corrected chi connectivity index (χ2v) is 8.60. The first-order valence-corrected chi connectivity index (χ1v) is 9.33. The van der Waals surface area contributed by atoms with Crippen LogP contribution in [0.2, 0.25) is 0 Å². The van der Waals surface area contributed by atoms with Crippen molar-refractivity contribution >= 4 is 10.2 Å². The topological polar surface area (TPSA) is 61.9 Å². The molecule has 0 bridgehead atoms. The van der Waals surface area contributed by atoms with E-state index in [9.17, 15) is 8.42 Å². The molecular weight excluding hydrogens is 290 g/mol. The number of ether oxygens (including phenoxy) is 1. The van der Waals surface area contributed by atoms with Crippen molar-refractivity contribution < 1.29 is 13.2 Å². The van der Waals surface area contributed by atoms with Crippen molar-refractivity contribution in [3.63, 3.8) is 0 Å². The first-order valence-electron chi connectivity index (χ1n) is 7.89. The van der Waals surface area contributed by atoms with Crippen molar-refractivity contribution in [2.75, 3.05) is 45.9 Å². The molecule has 2 heterocycles. The summed E-state index contributed by atoms with van der Waals surface area (Å²) in [5.41, 5.74) is -0.196. The molecule has 0 unspecified atom stereocenters. The molecule has 0 saturated carbocycles. The van der Waals surface area contributed by atoms with E-state index in [0.717, 1.165) is 39.1 Å². The third-order valence-corrected chi connectivity index (χ3v) is 6.03. The normalized spacial score (nSPS) is 26.9. The van der Waals surface area contributed by atoms with Crippen molar-refractivity contribution in [2.24, 2.45) is 5.92 Å². The number of morpholine rings is 1. The van der Waals surface area contributed by atoms with E-state index >= 15 is 0 Å². The molecule has 0 radical (unpaired) electrons. The highest BCUT2D eigenvalue weighted by Gasteiger charge is 2.32. The molecule has 2 rings (SSSR count). The molecule has 0 spiro atoms. The summed E-state index contributed by atoms with van der Waals surface area (Å²) < 4.78 is 34.6. The van der Waals surface area contributed by atoms with E-state index in [1.807, 2.05) is 0 Å². The number of hydrogen-bond acceptors (Lipinski definition) is 4. The molecule has 7 heteroatoms. The van der Waals surface area contributed by atoms with Crippen molar-refractivity contribution in [2.45, 2.75) is 39.2 Å². The summed E-state index contributed by atoms with van der Waals surface area (Å²) in [7, 11) is -3.36. The maximum atomic E-state index is 12.4. The van der Waals surface area contributed by atoms with Crippen LogP contribution in [0.1, 0.15) is 33.6 Å². The van der Waals surface area contributed by atoms with Gasteiger partial charge in [0.1, 0.15) is 0 Å². The van der Waals surface area contributed by atoms with Gasteiger partial charge >= 0.3 is 0 Å². The number of piperidine rings is 1. The van der Waals surface area contributed by atoms with Gasteiger partial charge in [0.15, 0.2) is 0 Å². The highest BCUT2D eigenvalue weighted by Crippen LogP contribution is 2.19. The van der Waals surface area contributed by atoms with Gasteiger partial charge < -0.3 is 4.74 Å². The molecular formula is C14H29N3O3S. The number of nitrogens with one attached hydrogen (secondary N) is 1. The molecule has 2 fully saturated rings. The Morgan fingerprint density at radius 3 is 2.52 bits per heavy atom. The smallest absolute Gasteiger partial charge is 0.279 e. The van der Waals surface area contributed by atoms with Crippen LogP contribution in [0.3, 0.4) is 0 Å². The minimum atomic E-state index is -3.36. The highest BCUT2D eigenvalue weighted by molar-refractivity contribution is 7.87. The molecule has 2 aliphatic rings. The van der Waals surface area contributed by atoms with Gasteiger partial charge in [-0.25, -0.2) is 4.72 Å². The van der Waals surface area contributed by atoms with Crippen LogP contribution in [0.25, 0.3) is 0 Å². The van der Waals surface area contributed by atoms with Crippen LogP contribution in [0.15, 0.2) is 0 Å². The minimum Gasteiger partial charge on any atom is -0.379 e. The van der Waals surface area contributed by atoms with Crippen LogP contribution in [0.5, 0.6) is 0 Å². The fourth-order valence-corrected chi connectivity index (χ4v) is 4.54. The zero-order chi connectivity index (χ0) is 15.5. The Morgan fingerprint density at radius 1 is 1.24 bits per heavy atom. The van der Waals surface area contributed by atoms with E-state index in [-0.39, 0.29) is 5.54 Å². The predicted molar refractivity (Wildman–Crippen MR) is 83.4 cm³/mol. The lowest BCUT2D eigenvalue weighted by Crippen LogP contribution is -2.57. The van der Waals surface area contributed by atoms with Crippen molar-refractivity contribution in [3.05, 3.63) is 0 Å². The third-order valence-electron chi connectivity index (χ3n) is 4.51. The Labute approximate surface area is 129 Å². The Kier molecular flexibility index (Phi) is 5.65. The van der Waals surface area contributed by atoms with Crippen molar-refractivity contribution in [1.82, 2.24) is 13.9 Å². The Bertz CT molecular complexity index is 433. The molecule has 21 heavy (non-hydrogen) atoms. The van der Waals surface area contributed by atoms with E-state index in [1.165, 1.54) is 0 Å². The van der Waals surface area contributed by atoms with Crippen LogP contribution in [0, 0.1) is 5.92 Å². The number of hydrogen-bond donors (Lipinski definition) is 1. The van der Waals surface area contributed by atoms with Crippen LogP contribution >= 0.6 is 0 Å². The SMILES string of the molecule is C[C@@H]1CCCN(S(=O)(=O)NCC(C)(C)N2CCOCC2)C1. The molecule has 0 aromatic carbocycles. The van der Waals surface area contributed by atoms with Gasteiger partial charge in [0.25, 0.3) is 10.2 Å². The first-order chi connectivity index (χ1) is 9.81. The van der Waals surface area contributed by atoms with E-state index in [0.29, 0.717) is 25.6 Å². The molecule has 0 aromatic rings. The lowest BCUT2D eigenvalue weighted by molar-refractivity contribution is -0.00815. The maximum Gasteiger partial charge on any atom is 0.279 e. The lowest BCUT2D eigenvalue weighted by Gasteiger charge is -2.41. The van der Waals surface area contributed by atoms with E-state index in [1.54, 1.807) is 4.31 Å². The van der Waals surface area contributed by atoms with Crippen LogP contribution < -0.4 is 4.72 Å². The Hall–Kier alpha value is -0.210. The molecule has 2 saturated heterocycles. The summed E-state index contributed by atoms with van der Waals surface area (Å²) in [6.45, 7) is 11.1. The lowest BCUT2D eigenvalue weighted by atomic mass is 10.0. The summed E-state index contributed by atoms with van der Waals surface area (Å²) in [5.74, 6) is 0.447. The van der Waals surface area contributed by atoms with E-state index in [2.05, 4.69) is 30.4 Å². The van der Waals surface area contributed by atoms with Gasteiger partial charge in [-0.2, -0.15) is 12.7 Å². The quantitative estimate of drug-likeness (QED) is 0.809. The van der Waals surface area contributed by atoms with Gasteiger partial charge in [-0.3, -0.25) is 4.90 Å². The zero-order valence-electron chi connectivity index (χ0n) is 13.5. The van der Waals surface area contributed by atoms with E-state index in [4.69, 9.17) is 4.74 Å². The van der Waals surface area contributed by atoms with Crippen LogP contribution in [-0.4, -0.2) is 69.1 Å². The Morgan fingerprint density at radius 2 is 1.90 bits per heavy atom. The predicted octanol–water partition coefficient (Wildman–Crippen LogP) is 0.664. The van der Waals surface area contributed by atoms with Gasteiger partial charge in [0.05, 0.1) is 13.2 Å². The third kappa shape index (κ3) is 4.63. The summed E-state index contributed by atoms with van der Waals surface area (Å²) >= 11 is 0. The van der Waals surface area contributed by atoms with Gasteiger partial charge in [0.2, 0.25) is 0 Å². The van der Waals surface area contributed by atoms with Gasteiger partial charge in [0, 0.05) is 38.3 Å². The average Bonchev–Trinajstić information content (AvgIpc) is 2.46. The van der Waals surface area contributed by atoms with Crippen LogP contribution in [-0.2, 0) is 14.9 Å². The fraction of sp³-hybridized carbons (Fsp3) is 1.00. The summed E-state index contributed by atoms with van der Waals surface area (Å²) in [6.07, 6.45) is 2.07.